The van der Waals surface area contributed by atoms with E-state index in [4.69, 9.17) is 22.1 Å². The highest BCUT2D eigenvalue weighted by Crippen LogP contribution is 2.36. The molecule has 34 heavy (non-hydrogen) atoms. The smallest absolute Gasteiger partial charge is 0.280 e. The van der Waals surface area contributed by atoms with Gasteiger partial charge in [-0.1, -0.05) is 42.2 Å². The average molecular weight is 492 g/mol. The number of carbonyl (C=O) groups is 1. The number of hydrazine groups is 1. The van der Waals surface area contributed by atoms with Crippen LogP contribution in [0.2, 0.25) is 0 Å². The maximum absolute atomic E-state index is 13.4. The second-order valence-electron chi connectivity index (χ2n) is 8.19. The van der Waals surface area contributed by atoms with E-state index in [1.807, 2.05) is 71.6 Å². The zero-order valence-electron chi connectivity index (χ0n) is 19.0. The predicted octanol–water partition coefficient (Wildman–Crippen LogP) is 3.91. The van der Waals surface area contributed by atoms with Crippen molar-refractivity contribution in [1.29, 1.82) is 0 Å². The van der Waals surface area contributed by atoms with Crippen molar-refractivity contribution in [2.24, 2.45) is 0 Å². The van der Waals surface area contributed by atoms with Gasteiger partial charge in [-0.2, -0.15) is 5.10 Å². The molecule has 3 heterocycles. The number of likely N-dealkylation sites (N-methyl/N-ethyl adjacent to an activating group) is 1. The molecule has 174 valence electrons. The van der Waals surface area contributed by atoms with Crippen molar-refractivity contribution < 1.29 is 9.53 Å². The van der Waals surface area contributed by atoms with Gasteiger partial charge in [-0.3, -0.25) is 4.79 Å². The Bertz CT molecular complexity index is 1230. The second-order valence-corrected chi connectivity index (χ2v) is 9.87. The fourth-order valence-corrected chi connectivity index (χ4v) is 5.32. The summed E-state index contributed by atoms with van der Waals surface area (Å²) in [4.78, 5) is 16.2. The van der Waals surface area contributed by atoms with Crippen molar-refractivity contribution in [1.82, 2.24) is 24.7 Å². The number of rotatable bonds is 5. The first-order valence-electron chi connectivity index (χ1n) is 11.0. The van der Waals surface area contributed by atoms with Gasteiger partial charge in [0, 0.05) is 43.5 Å². The van der Waals surface area contributed by atoms with E-state index in [2.05, 4.69) is 17.0 Å². The second kappa shape index (κ2) is 9.71. The van der Waals surface area contributed by atoms with Crippen LogP contribution in [0.1, 0.15) is 5.56 Å². The standard InChI is InChI=1S/C25H25N5O2S2/c1-27-12-14-28(15-13-27)30-24(31)22(34-25(30)33)16-19-17-29(20-6-4-3-5-7-20)26-23(19)18-8-10-21(32-2)11-9-18/h3-11,16-17H,12-15H2,1-2H3. The van der Waals surface area contributed by atoms with Gasteiger partial charge in [-0.05, 0) is 49.5 Å². The van der Waals surface area contributed by atoms with Crippen LogP contribution in [0.4, 0.5) is 0 Å². The van der Waals surface area contributed by atoms with Crippen molar-refractivity contribution in [3.05, 3.63) is 71.3 Å². The number of amides is 1. The lowest BCUT2D eigenvalue weighted by atomic mass is 10.1. The third-order valence-corrected chi connectivity index (χ3v) is 7.23. The molecule has 7 nitrogen and oxygen atoms in total. The number of nitrogens with zero attached hydrogens (tertiary/aromatic N) is 5. The summed E-state index contributed by atoms with van der Waals surface area (Å²) in [6.45, 7) is 3.36. The van der Waals surface area contributed by atoms with Crippen molar-refractivity contribution >= 4 is 40.3 Å². The molecule has 2 fully saturated rings. The molecule has 0 atom stereocenters. The first-order valence-corrected chi connectivity index (χ1v) is 12.3. The van der Waals surface area contributed by atoms with Gasteiger partial charge in [0.05, 0.1) is 23.4 Å². The fourth-order valence-electron chi connectivity index (χ4n) is 4.02. The molecule has 1 aromatic heterocycles. The molecule has 2 aliphatic heterocycles. The van der Waals surface area contributed by atoms with Crippen LogP contribution >= 0.6 is 24.0 Å². The van der Waals surface area contributed by atoms with Gasteiger partial charge in [0.25, 0.3) is 5.91 Å². The number of piperazine rings is 1. The summed E-state index contributed by atoms with van der Waals surface area (Å²) in [6, 6.07) is 17.7. The minimum atomic E-state index is -0.0762. The lowest BCUT2D eigenvalue weighted by Crippen LogP contribution is -2.54. The van der Waals surface area contributed by atoms with Crippen molar-refractivity contribution in [2.45, 2.75) is 0 Å². The van der Waals surface area contributed by atoms with Crippen molar-refractivity contribution in [3.8, 4) is 22.7 Å². The maximum atomic E-state index is 13.4. The molecule has 3 aromatic rings. The normalized spacial score (nSPS) is 18.8. The number of benzene rings is 2. The van der Waals surface area contributed by atoms with Crippen LogP contribution in [-0.4, -0.2) is 75.3 Å². The van der Waals surface area contributed by atoms with E-state index in [0.29, 0.717) is 9.23 Å². The highest BCUT2D eigenvalue weighted by Gasteiger charge is 2.37. The van der Waals surface area contributed by atoms with E-state index < -0.39 is 0 Å². The number of aromatic nitrogens is 2. The molecule has 0 bridgehead atoms. The molecule has 5 rings (SSSR count). The van der Waals surface area contributed by atoms with Crippen LogP contribution in [-0.2, 0) is 4.79 Å². The Hall–Kier alpha value is -2.98. The predicted molar refractivity (Wildman–Crippen MR) is 140 cm³/mol. The summed E-state index contributed by atoms with van der Waals surface area (Å²) in [5, 5.41) is 8.57. The number of ether oxygens (including phenoxy) is 1. The largest absolute Gasteiger partial charge is 0.497 e. The molecule has 0 saturated carbocycles. The molecular weight excluding hydrogens is 466 g/mol. The van der Waals surface area contributed by atoms with Crippen molar-refractivity contribution in [3.63, 3.8) is 0 Å². The molecule has 0 spiro atoms. The van der Waals surface area contributed by atoms with Crippen LogP contribution < -0.4 is 4.74 Å². The Balaban J connectivity index is 1.51. The SMILES string of the molecule is COc1ccc(-c2nn(-c3ccccc3)cc2C=C2SC(=S)N(N3CCN(C)CC3)C2=O)cc1. The van der Waals surface area contributed by atoms with E-state index >= 15 is 0 Å². The Kier molecular flexibility index (Phi) is 6.51. The summed E-state index contributed by atoms with van der Waals surface area (Å²) in [5.74, 6) is 0.702. The highest BCUT2D eigenvalue weighted by atomic mass is 32.2. The lowest BCUT2D eigenvalue weighted by molar-refractivity contribution is -0.135. The summed E-state index contributed by atoms with van der Waals surface area (Å²) >= 11 is 6.94. The van der Waals surface area contributed by atoms with Crippen LogP contribution in [0, 0.1) is 0 Å². The van der Waals surface area contributed by atoms with Gasteiger partial charge >= 0.3 is 0 Å². The topological polar surface area (TPSA) is 53.8 Å². The Morgan fingerprint density at radius 2 is 1.74 bits per heavy atom. The Morgan fingerprint density at radius 1 is 1.03 bits per heavy atom. The molecule has 9 heteroatoms. The molecule has 2 saturated heterocycles. The first-order chi connectivity index (χ1) is 16.5. The summed E-state index contributed by atoms with van der Waals surface area (Å²) in [5.41, 5.74) is 3.53. The molecular formula is C25H25N5O2S2. The number of methoxy groups -OCH3 is 1. The maximum Gasteiger partial charge on any atom is 0.280 e. The van der Waals surface area contributed by atoms with Gasteiger partial charge in [0.15, 0.2) is 4.32 Å². The van der Waals surface area contributed by atoms with Gasteiger partial charge < -0.3 is 9.64 Å². The number of para-hydroxylation sites is 1. The molecule has 0 unspecified atom stereocenters. The number of thioether (sulfide) groups is 1. The van der Waals surface area contributed by atoms with Gasteiger partial charge in [-0.25, -0.2) is 14.7 Å². The third kappa shape index (κ3) is 4.52. The average Bonchev–Trinajstić information content (AvgIpc) is 3.41. The van der Waals surface area contributed by atoms with Crippen LogP contribution in [0.5, 0.6) is 5.75 Å². The monoisotopic (exact) mass is 491 g/mol. The summed E-state index contributed by atoms with van der Waals surface area (Å²) in [7, 11) is 3.74. The number of hydrogen-bond donors (Lipinski definition) is 0. The molecule has 2 aromatic carbocycles. The molecule has 2 aliphatic rings. The highest BCUT2D eigenvalue weighted by molar-refractivity contribution is 8.26. The minimum absolute atomic E-state index is 0.0762. The number of hydrogen-bond acceptors (Lipinski definition) is 7. The van der Waals surface area contributed by atoms with E-state index in [1.54, 1.807) is 12.1 Å². The zero-order chi connectivity index (χ0) is 23.7. The Morgan fingerprint density at radius 3 is 2.41 bits per heavy atom. The number of carbonyl (C=O) groups excluding carboxylic acids is 1. The lowest BCUT2D eigenvalue weighted by Gasteiger charge is -2.37. The van der Waals surface area contributed by atoms with E-state index in [-0.39, 0.29) is 5.91 Å². The van der Waals surface area contributed by atoms with Gasteiger partial charge in [-0.15, -0.1) is 0 Å². The van der Waals surface area contributed by atoms with Crippen molar-refractivity contribution in [2.75, 3.05) is 40.3 Å². The third-order valence-electron chi connectivity index (χ3n) is 5.95. The van der Waals surface area contributed by atoms with E-state index in [1.165, 1.54) is 11.8 Å². The zero-order valence-corrected chi connectivity index (χ0v) is 20.7. The van der Waals surface area contributed by atoms with Crippen LogP contribution in [0.15, 0.2) is 65.7 Å². The quantitative estimate of drug-likeness (QED) is 0.396. The van der Waals surface area contributed by atoms with Gasteiger partial charge in [0.2, 0.25) is 0 Å². The van der Waals surface area contributed by atoms with E-state index in [9.17, 15) is 4.79 Å². The number of thiocarbonyl (C=S) groups is 1. The molecule has 0 N–H and O–H groups in total. The summed E-state index contributed by atoms with van der Waals surface area (Å²) in [6.07, 6.45) is 3.86. The van der Waals surface area contributed by atoms with E-state index in [0.717, 1.165) is 54.4 Å². The van der Waals surface area contributed by atoms with Gasteiger partial charge in [0.1, 0.15) is 5.75 Å². The fraction of sp³-hybridized carbons (Fsp3) is 0.240. The molecule has 1 amide bonds. The Labute approximate surface area is 208 Å². The molecule has 0 aliphatic carbocycles. The minimum Gasteiger partial charge on any atom is -0.497 e. The van der Waals surface area contributed by atoms with Crippen LogP contribution in [0.25, 0.3) is 23.0 Å². The molecule has 0 radical (unpaired) electrons. The first kappa shape index (κ1) is 22.8. The van der Waals surface area contributed by atoms with Crippen LogP contribution in [0.3, 0.4) is 0 Å². The summed E-state index contributed by atoms with van der Waals surface area (Å²) < 4.78 is 7.72.